The van der Waals surface area contributed by atoms with Crippen LogP contribution in [0.25, 0.3) is 0 Å². The van der Waals surface area contributed by atoms with E-state index in [0.29, 0.717) is 6.42 Å². The van der Waals surface area contributed by atoms with Crippen molar-refractivity contribution in [3.8, 4) is 0 Å². The predicted octanol–water partition coefficient (Wildman–Crippen LogP) is 3.39. The van der Waals surface area contributed by atoms with Gasteiger partial charge in [0.05, 0.1) is 5.75 Å². The highest BCUT2D eigenvalue weighted by atomic mass is 32.2. The Morgan fingerprint density at radius 2 is 1.48 bits per heavy atom. The van der Waals surface area contributed by atoms with E-state index in [0.717, 1.165) is 12.8 Å². The molecular weight excluding hydrogens is 284 g/mol. The summed E-state index contributed by atoms with van der Waals surface area (Å²) in [5.74, 6) is 0.0429. The van der Waals surface area contributed by atoms with Gasteiger partial charge in [-0.25, -0.2) is 0 Å². The molecule has 0 spiro atoms. The fraction of sp³-hybridized carbons (Fsp3) is 0.294. The Kier molecular flexibility index (Phi) is 3.83. The summed E-state index contributed by atoms with van der Waals surface area (Å²) in [4.78, 5) is 0. The number of benzene rings is 2. The van der Waals surface area contributed by atoms with Gasteiger partial charge < -0.3 is 0 Å². The summed E-state index contributed by atoms with van der Waals surface area (Å²) in [7, 11) is -3.88. The minimum atomic E-state index is -3.88. The summed E-state index contributed by atoms with van der Waals surface area (Å²) in [5.41, 5.74) is 5.19. The van der Waals surface area contributed by atoms with Crippen molar-refractivity contribution in [2.45, 2.75) is 25.2 Å². The van der Waals surface area contributed by atoms with E-state index in [9.17, 15) is 8.42 Å². The molecule has 110 valence electrons. The summed E-state index contributed by atoms with van der Waals surface area (Å²) in [5, 5.41) is 0. The standard InChI is InChI=1S/C17H18O3S/c18-21(19,20)11-5-10-17-15-8-3-1-6-13(15)12-14-7-2-4-9-16(14)17/h1-4,6-9,17H,5,10-12H2,(H,18,19,20). The van der Waals surface area contributed by atoms with Gasteiger partial charge in [0.2, 0.25) is 0 Å². The maximum absolute atomic E-state index is 10.9. The first kappa shape index (κ1) is 14.3. The molecule has 0 aliphatic heterocycles. The van der Waals surface area contributed by atoms with E-state index >= 15 is 0 Å². The number of hydrogen-bond donors (Lipinski definition) is 1. The third-order valence-electron chi connectivity index (χ3n) is 4.14. The van der Waals surface area contributed by atoms with E-state index in [1.54, 1.807) is 0 Å². The Labute approximate surface area is 125 Å². The van der Waals surface area contributed by atoms with Crippen LogP contribution >= 0.6 is 0 Å². The number of rotatable bonds is 4. The Morgan fingerprint density at radius 3 is 2.00 bits per heavy atom. The second-order valence-corrected chi connectivity index (χ2v) is 7.13. The number of fused-ring (bicyclic) bond motifs is 2. The molecule has 3 rings (SSSR count). The summed E-state index contributed by atoms with van der Waals surface area (Å²) in [6, 6.07) is 16.7. The molecule has 4 heteroatoms. The van der Waals surface area contributed by atoms with Crippen LogP contribution in [0.1, 0.15) is 41.0 Å². The van der Waals surface area contributed by atoms with Crippen LogP contribution in [-0.2, 0) is 16.5 Å². The Bertz CT molecular complexity index is 705. The maximum atomic E-state index is 10.9. The van der Waals surface area contributed by atoms with Gasteiger partial charge in [-0.05, 0) is 41.5 Å². The minimum absolute atomic E-state index is 0.173. The first-order valence-electron chi connectivity index (χ1n) is 7.15. The lowest BCUT2D eigenvalue weighted by Crippen LogP contribution is -2.15. The normalized spacial score (nSPS) is 14.5. The molecule has 2 aromatic rings. The van der Waals surface area contributed by atoms with E-state index in [-0.39, 0.29) is 11.7 Å². The molecule has 2 aromatic carbocycles. The van der Waals surface area contributed by atoms with Gasteiger partial charge in [0, 0.05) is 5.92 Å². The van der Waals surface area contributed by atoms with Gasteiger partial charge in [0.25, 0.3) is 10.1 Å². The summed E-state index contributed by atoms with van der Waals surface area (Å²) < 4.78 is 30.7. The van der Waals surface area contributed by atoms with Crippen LogP contribution in [0.5, 0.6) is 0 Å². The highest BCUT2D eigenvalue weighted by molar-refractivity contribution is 7.85. The molecule has 21 heavy (non-hydrogen) atoms. The Hall–Kier alpha value is -1.65. The maximum Gasteiger partial charge on any atom is 0.264 e. The van der Waals surface area contributed by atoms with Crippen molar-refractivity contribution < 1.29 is 13.0 Å². The average molecular weight is 302 g/mol. The molecule has 0 heterocycles. The molecular formula is C17H18O3S. The second-order valence-electron chi connectivity index (χ2n) is 5.56. The molecule has 0 fully saturated rings. The molecule has 0 saturated carbocycles. The third kappa shape index (κ3) is 3.17. The van der Waals surface area contributed by atoms with Crippen LogP contribution in [0, 0.1) is 0 Å². The van der Waals surface area contributed by atoms with Gasteiger partial charge >= 0.3 is 0 Å². The van der Waals surface area contributed by atoms with Crippen molar-refractivity contribution in [3.05, 3.63) is 70.8 Å². The van der Waals surface area contributed by atoms with Gasteiger partial charge in [-0.15, -0.1) is 0 Å². The van der Waals surface area contributed by atoms with Gasteiger partial charge in [0.1, 0.15) is 0 Å². The Morgan fingerprint density at radius 1 is 0.952 bits per heavy atom. The first-order valence-corrected chi connectivity index (χ1v) is 8.76. The van der Waals surface area contributed by atoms with Crippen molar-refractivity contribution in [3.63, 3.8) is 0 Å². The van der Waals surface area contributed by atoms with Crippen LogP contribution in [0.3, 0.4) is 0 Å². The molecule has 1 N–H and O–H groups in total. The predicted molar refractivity (Wildman–Crippen MR) is 83.2 cm³/mol. The zero-order chi connectivity index (χ0) is 14.9. The lowest BCUT2D eigenvalue weighted by Gasteiger charge is -2.28. The van der Waals surface area contributed by atoms with E-state index in [4.69, 9.17) is 4.55 Å². The van der Waals surface area contributed by atoms with E-state index in [2.05, 4.69) is 24.3 Å². The molecule has 1 aliphatic carbocycles. The van der Waals surface area contributed by atoms with Crippen molar-refractivity contribution >= 4 is 10.1 Å². The molecule has 0 saturated heterocycles. The quantitative estimate of drug-likeness (QED) is 0.881. The van der Waals surface area contributed by atoms with Gasteiger partial charge in [-0.3, -0.25) is 4.55 Å². The molecule has 3 nitrogen and oxygen atoms in total. The average Bonchev–Trinajstić information content (AvgIpc) is 2.45. The van der Waals surface area contributed by atoms with Crippen LogP contribution in [-0.4, -0.2) is 18.7 Å². The van der Waals surface area contributed by atoms with Gasteiger partial charge in [-0.1, -0.05) is 48.5 Å². The topological polar surface area (TPSA) is 54.4 Å². The van der Waals surface area contributed by atoms with Crippen LogP contribution in [0.2, 0.25) is 0 Å². The van der Waals surface area contributed by atoms with Gasteiger partial charge in [-0.2, -0.15) is 8.42 Å². The first-order chi connectivity index (χ1) is 10.0. The molecule has 0 unspecified atom stereocenters. The van der Waals surface area contributed by atoms with Crippen LogP contribution in [0.4, 0.5) is 0 Å². The van der Waals surface area contributed by atoms with E-state index in [1.165, 1.54) is 22.3 Å². The molecule has 0 aromatic heterocycles. The SMILES string of the molecule is O=S(=O)(O)CCCC1c2ccccc2Cc2ccccc21. The molecule has 1 aliphatic rings. The lowest BCUT2D eigenvalue weighted by molar-refractivity contribution is 0.479. The summed E-state index contributed by atoms with van der Waals surface area (Å²) in [6.45, 7) is 0. The molecule has 0 amide bonds. The second kappa shape index (κ2) is 5.62. The molecule has 0 bridgehead atoms. The zero-order valence-electron chi connectivity index (χ0n) is 11.7. The van der Waals surface area contributed by atoms with Crippen LogP contribution in [0.15, 0.2) is 48.5 Å². The fourth-order valence-corrected chi connectivity index (χ4v) is 3.76. The van der Waals surface area contributed by atoms with Crippen molar-refractivity contribution in [1.29, 1.82) is 0 Å². The fourth-order valence-electron chi connectivity index (χ4n) is 3.22. The molecule has 0 atom stereocenters. The van der Waals surface area contributed by atoms with Crippen molar-refractivity contribution in [2.24, 2.45) is 0 Å². The van der Waals surface area contributed by atoms with E-state index in [1.807, 2.05) is 24.3 Å². The van der Waals surface area contributed by atoms with Crippen molar-refractivity contribution in [2.75, 3.05) is 5.75 Å². The highest BCUT2D eigenvalue weighted by Crippen LogP contribution is 2.39. The Balaban J connectivity index is 1.91. The van der Waals surface area contributed by atoms with Gasteiger partial charge in [0.15, 0.2) is 0 Å². The lowest BCUT2D eigenvalue weighted by atomic mass is 9.76. The van der Waals surface area contributed by atoms with E-state index < -0.39 is 10.1 Å². The third-order valence-corrected chi connectivity index (χ3v) is 4.94. The highest BCUT2D eigenvalue weighted by Gasteiger charge is 2.24. The molecule has 0 radical (unpaired) electrons. The largest absolute Gasteiger partial charge is 0.286 e. The van der Waals surface area contributed by atoms with Crippen molar-refractivity contribution in [1.82, 2.24) is 0 Å². The smallest absolute Gasteiger partial charge is 0.264 e. The zero-order valence-corrected chi connectivity index (χ0v) is 12.5. The van der Waals surface area contributed by atoms with Crippen LogP contribution < -0.4 is 0 Å². The summed E-state index contributed by atoms with van der Waals surface area (Å²) >= 11 is 0. The minimum Gasteiger partial charge on any atom is -0.286 e. The summed E-state index contributed by atoms with van der Waals surface area (Å²) in [6.07, 6.45) is 2.13. The number of hydrogen-bond acceptors (Lipinski definition) is 2. The monoisotopic (exact) mass is 302 g/mol.